The molecule has 176 valence electrons. The molecule has 0 saturated carbocycles. The van der Waals surface area contributed by atoms with Crippen molar-refractivity contribution in [1.29, 1.82) is 0 Å². The summed E-state index contributed by atoms with van der Waals surface area (Å²) in [6, 6.07) is 14.8. The van der Waals surface area contributed by atoms with Crippen molar-refractivity contribution in [2.75, 3.05) is 10.2 Å². The third-order valence-electron chi connectivity index (χ3n) is 4.87. The number of nitrogens with zero attached hydrogens (tertiary/aromatic N) is 7. The number of halogens is 2. The number of hydrogen-bond acceptors (Lipinski definition) is 10. The number of aromatic nitrogens is 6. The first kappa shape index (κ1) is 22.8. The Hall–Kier alpha value is -4.02. The van der Waals surface area contributed by atoms with Gasteiger partial charge in [0, 0.05) is 18.3 Å². The highest BCUT2D eigenvalue weighted by Crippen LogP contribution is 2.28. The maximum absolute atomic E-state index is 6.21. The molecule has 10 nitrogen and oxygen atoms in total. The Labute approximate surface area is 210 Å². The van der Waals surface area contributed by atoms with Crippen LogP contribution in [0, 0.1) is 0 Å². The van der Waals surface area contributed by atoms with E-state index in [1.807, 2.05) is 36.1 Å². The second-order valence-corrected chi connectivity index (χ2v) is 8.25. The van der Waals surface area contributed by atoms with Crippen LogP contribution in [-0.2, 0) is 13.1 Å². The SMILES string of the molecule is C=C(C)N1Cc2cccc(c2)CNc2nc(Cl)nc(n2)Oc2cccc(c2)Oc2nc(Cl)nc1n2. The lowest BCUT2D eigenvalue weighted by Crippen LogP contribution is -2.23. The molecule has 0 fully saturated rings. The van der Waals surface area contributed by atoms with E-state index in [0.29, 0.717) is 30.5 Å². The summed E-state index contributed by atoms with van der Waals surface area (Å²) in [6.07, 6.45) is 0. The maximum Gasteiger partial charge on any atom is 0.328 e. The molecule has 2 aromatic heterocycles. The van der Waals surface area contributed by atoms with Crippen LogP contribution in [0.5, 0.6) is 23.5 Å². The van der Waals surface area contributed by atoms with Crippen LogP contribution < -0.4 is 19.7 Å². The third-order valence-corrected chi connectivity index (χ3v) is 5.21. The Bertz CT molecular complexity index is 1420. The molecule has 12 heteroatoms. The zero-order chi connectivity index (χ0) is 24.4. The van der Waals surface area contributed by atoms with E-state index < -0.39 is 0 Å². The molecular weight excluding hydrogens is 491 g/mol. The minimum atomic E-state index is -0.0108. The standard InChI is InChI=1S/C23H18Cl2N8O2/c1-13(2)33-12-15-6-3-5-14(9-15)11-26-20-27-18(24)29-22(31-20)34-16-7-4-8-17(10-16)35-23-30-19(25)28-21(33)32-23/h3-10H,1,11-12H2,2H3,(H,26,27,29,31). The fourth-order valence-corrected chi connectivity index (χ4v) is 3.64. The molecule has 0 saturated heterocycles. The van der Waals surface area contributed by atoms with Crippen molar-refractivity contribution < 1.29 is 9.47 Å². The molecule has 8 bridgehead atoms. The molecule has 0 spiro atoms. The second kappa shape index (κ2) is 9.69. The molecule has 2 aromatic carbocycles. The number of allylic oxidation sites excluding steroid dienone is 1. The van der Waals surface area contributed by atoms with Crippen LogP contribution in [0.3, 0.4) is 0 Å². The predicted octanol–water partition coefficient (Wildman–Crippen LogP) is 5.41. The molecule has 4 aromatic rings. The summed E-state index contributed by atoms with van der Waals surface area (Å²) < 4.78 is 11.7. The van der Waals surface area contributed by atoms with Gasteiger partial charge in [0.05, 0.1) is 6.54 Å². The Balaban J connectivity index is 1.60. The molecular formula is C23H18Cl2N8O2. The van der Waals surface area contributed by atoms with Crippen LogP contribution in [-0.4, -0.2) is 29.9 Å². The maximum atomic E-state index is 6.21. The van der Waals surface area contributed by atoms with Crippen molar-refractivity contribution in [3.05, 3.63) is 82.5 Å². The number of anilines is 2. The third kappa shape index (κ3) is 5.56. The normalized spacial score (nSPS) is 12.9. The fraction of sp³-hybridized carbons (Fsp3) is 0.130. The zero-order valence-electron chi connectivity index (χ0n) is 18.4. The van der Waals surface area contributed by atoms with E-state index in [4.69, 9.17) is 32.7 Å². The highest BCUT2D eigenvalue weighted by molar-refractivity contribution is 6.28. The van der Waals surface area contributed by atoms with E-state index >= 15 is 0 Å². The van der Waals surface area contributed by atoms with E-state index in [2.05, 4.69) is 41.8 Å². The van der Waals surface area contributed by atoms with Crippen molar-refractivity contribution in [2.24, 2.45) is 0 Å². The summed E-state index contributed by atoms with van der Waals surface area (Å²) in [4.78, 5) is 27.2. The Morgan fingerprint density at radius 1 is 0.857 bits per heavy atom. The van der Waals surface area contributed by atoms with Gasteiger partial charge in [-0.3, -0.25) is 0 Å². The second-order valence-electron chi connectivity index (χ2n) is 7.57. The summed E-state index contributed by atoms with van der Waals surface area (Å²) in [6.45, 7) is 6.84. The molecule has 1 N–H and O–H groups in total. The number of nitrogens with one attached hydrogen (secondary N) is 1. The quantitative estimate of drug-likeness (QED) is 0.357. The molecule has 1 aliphatic heterocycles. The summed E-state index contributed by atoms with van der Waals surface area (Å²) >= 11 is 12.3. The van der Waals surface area contributed by atoms with Gasteiger partial charge in [0.15, 0.2) is 0 Å². The molecule has 3 heterocycles. The minimum absolute atomic E-state index is 0.00230. The zero-order valence-corrected chi connectivity index (χ0v) is 20.0. The van der Waals surface area contributed by atoms with Gasteiger partial charge in [-0.15, -0.1) is 0 Å². The van der Waals surface area contributed by atoms with Gasteiger partial charge < -0.3 is 19.7 Å². The topological polar surface area (TPSA) is 111 Å². The van der Waals surface area contributed by atoms with Gasteiger partial charge in [0.1, 0.15) is 11.5 Å². The van der Waals surface area contributed by atoms with Crippen molar-refractivity contribution in [2.45, 2.75) is 20.0 Å². The lowest BCUT2D eigenvalue weighted by atomic mass is 10.1. The lowest BCUT2D eigenvalue weighted by molar-refractivity contribution is 0.420. The average molecular weight is 509 g/mol. The van der Waals surface area contributed by atoms with Gasteiger partial charge in [-0.05, 0) is 53.4 Å². The molecule has 5 rings (SSSR count). The molecule has 35 heavy (non-hydrogen) atoms. The summed E-state index contributed by atoms with van der Waals surface area (Å²) in [5.41, 5.74) is 2.71. The molecule has 0 unspecified atom stereocenters. The Kier molecular flexibility index (Phi) is 6.30. The van der Waals surface area contributed by atoms with Crippen molar-refractivity contribution in [3.63, 3.8) is 0 Å². The summed E-state index contributed by atoms with van der Waals surface area (Å²) in [5, 5.41) is 3.15. The number of benzene rings is 2. The molecule has 0 amide bonds. The minimum Gasteiger partial charge on any atom is -0.424 e. The highest BCUT2D eigenvalue weighted by atomic mass is 35.5. The van der Waals surface area contributed by atoms with E-state index in [-0.39, 0.29) is 28.5 Å². The van der Waals surface area contributed by atoms with Gasteiger partial charge in [0.25, 0.3) is 0 Å². The molecule has 0 aliphatic carbocycles. The first-order valence-corrected chi connectivity index (χ1v) is 11.2. The van der Waals surface area contributed by atoms with Crippen molar-refractivity contribution in [1.82, 2.24) is 29.9 Å². The smallest absolute Gasteiger partial charge is 0.328 e. The summed E-state index contributed by atoms with van der Waals surface area (Å²) in [5.74, 6) is 1.41. The Morgan fingerprint density at radius 2 is 1.51 bits per heavy atom. The predicted molar refractivity (Wildman–Crippen MR) is 131 cm³/mol. The van der Waals surface area contributed by atoms with Crippen LogP contribution in [0.4, 0.5) is 11.9 Å². The Morgan fingerprint density at radius 3 is 2.26 bits per heavy atom. The van der Waals surface area contributed by atoms with Gasteiger partial charge in [-0.2, -0.15) is 29.9 Å². The molecule has 0 radical (unpaired) electrons. The van der Waals surface area contributed by atoms with Crippen LogP contribution >= 0.6 is 23.2 Å². The van der Waals surface area contributed by atoms with Gasteiger partial charge in [-0.25, -0.2) is 0 Å². The van der Waals surface area contributed by atoms with Gasteiger partial charge in [-0.1, -0.05) is 36.9 Å². The van der Waals surface area contributed by atoms with Crippen LogP contribution in [0.1, 0.15) is 18.1 Å². The van der Waals surface area contributed by atoms with Crippen molar-refractivity contribution in [3.8, 4) is 23.5 Å². The number of fused-ring (bicyclic) bond motifs is 8. The number of rotatable bonds is 1. The largest absolute Gasteiger partial charge is 0.424 e. The molecule has 0 atom stereocenters. The lowest BCUT2D eigenvalue weighted by Gasteiger charge is -2.23. The molecule has 1 aliphatic rings. The fourth-order valence-electron chi connectivity index (χ4n) is 3.34. The van der Waals surface area contributed by atoms with Crippen LogP contribution in [0.25, 0.3) is 0 Å². The van der Waals surface area contributed by atoms with Gasteiger partial charge >= 0.3 is 12.0 Å². The van der Waals surface area contributed by atoms with Gasteiger partial charge in [0.2, 0.25) is 22.5 Å². The number of hydrogen-bond donors (Lipinski definition) is 1. The first-order valence-electron chi connectivity index (χ1n) is 10.4. The van der Waals surface area contributed by atoms with Crippen LogP contribution in [0.2, 0.25) is 10.6 Å². The summed E-state index contributed by atoms with van der Waals surface area (Å²) in [7, 11) is 0. The number of ether oxygens (including phenoxy) is 2. The average Bonchev–Trinajstić information content (AvgIpc) is 2.80. The van der Waals surface area contributed by atoms with E-state index in [1.54, 1.807) is 24.3 Å². The van der Waals surface area contributed by atoms with E-state index in [0.717, 1.165) is 16.8 Å². The van der Waals surface area contributed by atoms with Crippen molar-refractivity contribution >= 4 is 35.1 Å². The van der Waals surface area contributed by atoms with E-state index in [9.17, 15) is 0 Å². The van der Waals surface area contributed by atoms with E-state index in [1.165, 1.54) is 0 Å². The monoisotopic (exact) mass is 508 g/mol. The van der Waals surface area contributed by atoms with Crippen LogP contribution in [0.15, 0.2) is 60.8 Å². The first-order chi connectivity index (χ1) is 16.9. The highest BCUT2D eigenvalue weighted by Gasteiger charge is 2.17.